The van der Waals surface area contributed by atoms with Gasteiger partial charge in [-0.1, -0.05) is 146 Å². The number of hydrogen-bond donors (Lipinski definition) is 2. The molecule has 4 nitrogen and oxygen atoms in total. The van der Waals surface area contributed by atoms with Crippen molar-refractivity contribution in [2.45, 2.75) is 49.7 Å². The molecule has 0 spiro atoms. The third kappa shape index (κ3) is 7.08. The normalized spacial score (nSPS) is 15.5. The maximum absolute atomic E-state index is 6.88. The number of ether oxygens (including phenoxy) is 2. The van der Waals surface area contributed by atoms with Crippen LogP contribution in [0.25, 0.3) is 21.5 Å². The summed E-state index contributed by atoms with van der Waals surface area (Å²) in [6.07, 6.45) is 1.71. The molecule has 4 N–H and O–H groups in total. The highest BCUT2D eigenvalue weighted by atomic mass is 16.5. The second kappa shape index (κ2) is 15.3. The molecule has 4 unspecified atom stereocenters. The minimum absolute atomic E-state index is 0.0191. The molecule has 48 heavy (non-hydrogen) atoms. The van der Waals surface area contributed by atoms with Gasteiger partial charge in [-0.3, -0.25) is 0 Å². The first-order valence-corrected chi connectivity index (χ1v) is 17.2. The Balaban J connectivity index is 1.17. The molecule has 6 aromatic rings. The zero-order valence-electron chi connectivity index (χ0n) is 28.2. The molecule has 6 aromatic carbocycles. The van der Waals surface area contributed by atoms with Crippen molar-refractivity contribution in [1.29, 1.82) is 0 Å². The zero-order chi connectivity index (χ0) is 33.4. The Labute approximate surface area is 285 Å². The van der Waals surface area contributed by atoms with Gasteiger partial charge in [0.05, 0.1) is 11.2 Å². The van der Waals surface area contributed by atoms with Crippen LogP contribution in [0.4, 0.5) is 0 Å². The average molecular weight is 637 g/mol. The second-order valence-electron chi connectivity index (χ2n) is 13.1. The van der Waals surface area contributed by atoms with Crippen LogP contribution in [0.5, 0.6) is 0 Å². The lowest BCUT2D eigenvalue weighted by Crippen LogP contribution is -2.38. The summed E-state index contributed by atoms with van der Waals surface area (Å²) < 4.78 is 13.8. The van der Waals surface area contributed by atoms with Gasteiger partial charge < -0.3 is 20.9 Å². The fourth-order valence-electron chi connectivity index (χ4n) is 7.29. The van der Waals surface area contributed by atoms with Crippen LogP contribution in [-0.2, 0) is 20.7 Å². The van der Waals surface area contributed by atoms with Crippen molar-refractivity contribution in [2.75, 3.05) is 26.3 Å². The standard InChI is InChI=1S/C44H48N2O2/c1-43(39-19-5-3-6-20-39,41(31-45)37-25-23-33-15-9-11-17-35(33)29-37)47-27-13-14-28-48-44(2,40-21-7-4-8-22-40)42(32-46)38-26-24-34-16-10-12-18-36(34)30-38/h3-12,15-26,29-30,41-42H,13-14,27-28,31-32,45-46H2,1-2H3. The summed E-state index contributed by atoms with van der Waals surface area (Å²) >= 11 is 0. The van der Waals surface area contributed by atoms with Gasteiger partial charge in [-0.25, -0.2) is 0 Å². The molecule has 0 aliphatic rings. The van der Waals surface area contributed by atoms with E-state index in [1.807, 2.05) is 12.1 Å². The number of fused-ring (bicyclic) bond motifs is 2. The summed E-state index contributed by atoms with van der Waals surface area (Å²) in [5.41, 5.74) is 16.5. The first-order chi connectivity index (χ1) is 23.5. The minimum Gasteiger partial charge on any atom is -0.370 e. The third-order valence-corrected chi connectivity index (χ3v) is 10.2. The monoisotopic (exact) mass is 636 g/mol. The van der Waals surface area contributed by atoms with Crippen molar-refractivity contribution >= 4 is 21.5 Å². The molecule has 0 aromatic heterocycles. The van der Waals surface area contributed by atoms with Crippen molar-refractivity contribution < 1.29 is 9.47 Å². The highest BCUT2D eigenvalue weighted by Crippen LogP contribution is 2.42. The maximum Gasteiger partial charge on any atom is 0.0983 e. The molecule has 0 aliphatic heterocycles. The first-order valence-electron chi connectivity index (χ1n) is 17.2. The maximum atomic E-state index is 6.88. The van der Waals surface area contributed by atoms with Crippen molar-refractivity contribution in [1.82, 2.24) is 0 Å². The van der Waals surface area contributed by atoms with Gasteiger partial charge in [0.1, 0.15) is 0 Å². The molecule has 0 heterocycles. The second-order valence-corrected chi connectivity index (χ2v) is 13.1. The molecule has 0 saturated heterocycles. The number of nitrogens with two attached hydrogens (primary N) is 2. The van der Waals surface area contributed by atoms with Gasteiger partial charge in [-0.05, 0) is 70.5 Å². The Bertz CT molecular complexity index is 1770. The molecular weight excluding hydrogens is 588 g/mol. The van der Waals surface area contributed by atoms with E-state index in [0.29, 0.717) is 26.3 Å². The van der Waals surface area contributed by atoms with Crippen LogP contribution < -0.4 is 11.5 Å². The van der Waals surface area contributed by atoms with E-state index in [1.165, 1.54) is 32.7 Å². The van der Waals surface area contributed by atoms with Crippen LogP contribution >= 0.6 is 0 Å². The Morgan fingerprint density at radius 1 is 0.458 bits per heavy atom. The van der Waals surface area contributed by atoms with Crippen LogP contribution in [0.1, 0.15) is 60.8 Å². The SMILES string of the molecule is CC(OCCCCOC(C)(c1ccccc1)C(CN)c1ccc2ccccc2c1)(c1ccccc1)C(CN)c1ccc2ccccc2c1. The lowest BCUT2D eigenvalue weighted by atomic mass is 9.77. The smallest absolute Gasteiger partial charge is 0.0983 e. The van der Waals surface area contributed by atoms with E-state index in [4.69, 9.17) is 20.9 Å². The first kappa shape index (κ1) is 33.6. The van der Waals surface area contributed by atoms with Gasteiger partial charge in [0.25, 0.3) is 0 Å². The van der Waals surface area contributed by atoms with Crippen LogP contribution in [0.2, 0.25) is 0 Å². The quantitative estimate of drug-likeness (QED) is 0.110. The largest absolute Gasteiger partial charge is 0.370 e. The van der Waals surface area contributed by atoms with E-state index in [0.717, 1.165) is 24.0 Å². The molecule has 4 atom stereocenters. The molecule has 4 heteroatoms. The van der Waals surface area contributed by atoms with E-state index < -0.39 is 11.2 Å². The lowest BCUT2D eigenvalue weighted by molar-refractivity contribution is -0.0721. The van der Waals surface area contributed by atoms with Crippen LogP contribution in [-0.4, -0.2) is 26.3 Å². The van der Waals surface area contributed by atoms with E-state index in [9.17, 15) is 0 Å². The molecular formula is C44H48N2O2. The Morgan fingerprint density at radius 3 is 1.19 bits per heavy atom. The van der Waals surface area contributed by atoms with Gasteiger partial charge in [0.2, 0.25) is 0 Å². The fraction of sp³-hybridized carbons (Fsp3) is 0.273. The average Bonchev–Trinajstić information content (AvgIpc) is 3.14. The summed E-state index contributed by atoms with van der Waals surface area (Å²) in [6.45, 7) is 6.49. The van der Waals surface area contributed by atoms with Gasteiger partial charge in [-0.15, -0.1) is 0 Å². The van der Waals surface area contributed by atoms with E-state index in [1.54, 1.807) is 0 Å². The molecule has 0 fully saturated rings. The summed E-state index contributed by atoms with van der Waals surface area (Å²) in [6, 6.07) is 51.2. The number of rotatable bonds is 15. The molecule has 6 rings (SSSR count). The van der Waals surface area contributed by atoms with Gasteiger partial charge in [-0.2, -0.15) is 0 Å². The van der Waals surface area contributed by atoms with Gasteiger partial charge >= 0.3 is 0 Å². The van der Waals surface area contributed by atoms with E-state index in [-0.39, 0.29) is 11.8 Å². The summed E-state index contributed by atoms with van der Waals surface area (Å²) in [4.78, 5) is 0. The Kier molecular flexibility index (Phi) is 10.7. The molecule has 0 bridgehead atoms. The predicted molar refractivity (Wildman–Crippen MR) is 200 cm³/mol. The Morgan fingerprint density at radius 2 is 0.812 bits per heavy atom. The van der Waals surface area contributed by atoms with Crippen LogP contribution in [0, 0.1) is 0 Å². The fourth-order valence-corrected chi connectivity index (χ4v) is 7.29. The van der Waals surface area contributed by atoms with Crippen molar-refractivity contribution in [3.05, 3.63) is 168 Å². The summed E-state index contributed by atoms with van der Waals surface area (Å²) in [5, 5.41) is 4.86. The lowest BCUT2D eigenvalue weighted by Gasteiger charge is -2.39. The Hall–Kier alpha value is -4.32. The van der Waals surface area contributed by atoms with E-state index in [2.05, 4.69) is 147 Å². The summed E-state index contributed by atoms with van der Waals surface area (Å²) in [7, 11) is 0. The van der Waals surface area contributed by atoms with Gasteiger partial charge in [0, 0.05) is 38.1 Å². The summed E-state index contributed by atoms with van der Waals surface area (Å²) in [5.74, 6) is -0.0382. The number of benzene rings is 6. The highest BCUT2D eigenvalue weighted by molar-refractivity contribution is 5.84. The number of hydrogen-bond acceptors (Lipinski definition) is 4. The molecule has 0 aliphatic carbocycles. The van der Waals surface area contributed by atoms with Crippen molar-refractivity contribution in [3.63, 3.8) is 0 Å². The van der Waals surface area contributed by atoms with Crippen molar-refractivity contribution in [2.24, 2.45) is 11.5 Å². The van der Waals surface area contributed by atoms with E-state index >= 15 is 0 Å². The molecule has 0 saturated carbocycles. The van der Waals surface area contributed by atoms with Crippen molar-refractivity contribution in [3.8, 4) is 0 Å². The van der Waals surface area contributed by atoms with Gasteiger partial charge in [0.15, 0.2) is 0 Å². The zero-order valence-corrected chi connectivity index (χ0v) is 28.2. The van der Waals surface area contributed by atoms with Crippen LogP contribution in [0.15, 0.2) is 146 Å². The number of unbranched alkanes of at least 4 members (excludes halogenated alkanes) is 1. The molecule has 246 valence electrons. The third-order valence-electron chi connectivity index (χ3n) is 10.2. The van der Waals surface area contributed by atoms with Crippen LogP contribution in [0.3, 0.4) is 0 Å². The minimum atomic E-state index is -0.599. The molecule has 0 radical (unpaired) electrons. The predicted octanol–water partition coefficient (Wildman–Crippen LogP) is 9.42. The topological polar surface area (TPSA) is 70.5 Å². The highest BCUT2D eigenvalue weighted by Gasteiger charge is 2.39. The molecule has 0 amide bonds.